The summed E-state index contributed by atoms with van der Waals surface area (Å²) in [4.78, 5) is 16.2. The molecule has 0 atom stereocenters. The third-order valence-corrected chi connectivity index (χ3v) is 4.11. The van der Waals surface area contributed by atoms with Gasteiger partial charge in [0, 0.05) is 37.8 Å². The van der Waals surface area contributed by atoms with Crippen molar-refractivity contribution >= 4 is 35.8 Å². The first-order valence-electron chi connectivity index (χ1n) is 8.95. The molecule has 1 aromatic carbocycles. The van der Waals surface area contributed by atoms with Crippen LogP contribution in [-0.2, 0) is 6.54 Å². The molecule has 154 valence electrons. The smallest absolute Gasteiger partial charge is 0.287 e. The molecule has 2 rings (SSSR count). The van der Waals surface area contributed by atoms with Crippen LogP contribution in [0.15, 0.2) is 39.9 Å². The molecule has 0 saturated carbocycles. The van der Waals surface area contributed by atoms with Gasteiger partial charge in [-0.2, -0.15) is 0 Å². The second kappa shape index (κ2) is 12.3. The minimum atomic E-state index is -0.188. The second-order valence-corrected chi connectivity index (χ2v) is 6.21. The normalized spacial score (nSPS) is 10.8. The lowest BCUT2D eigenvalue weighted by Crippen LogP contribution is -2.38. The minimum Gasteiger partial charge on any atom is -0.496 e. The molecule has 0 saturated heterocycles. The Bertz CT molecular complexity index is 790. The fourth-order valence-electron chi connectivity index (χ4n) is 2.58. The van der Waals surface area contributed by atoms with E-state index >= 15 is 0 Å². The molecule has 1 aromatic heterocycles. The SMILES string of the molecule is CN=C(NCCCNC(=O)c1occc1C)NCc1ccc(C)cc1OC.I. The number of nitrogens with zero attached hydrogens (tertiary/aromatic N) is 1. The number of ether oxygens (including phenoxy) is 1. The number of hydrogen-bond acceptors (Lipinski definition) is 4. The van der Waals surface area contributed by atoms with Crippen molar-refractivity contribution in [2.24, 2.45) is 4.99 Å². The Hall–Kier alpha value is -2.23. The fourth-order valence-corrected chi connectivity index (χ4v) is 2.58. The van der Waals surface area contributed by atoms with E-state index in [-0.39, 0.29) is 29.9 Å². The molecule has 0 spiro atoms. The van der Waals surface area contributed by atoms with Crippen molar-refractivity contribution in [3.05, 3.63) is 53.0 Å². The van der Waals surface area contributed by atoms with Gasteiger partial charge in [-0.25, -0.2) is 0 Å². The van der Waals surface area contributed by atoms with Crippen molar-refractivity contribution in [1.82, 2.24) is 16.0 Å². The second-order valence-electron chi connectivity index (χ2n) is 6.21. The van der Waals surface area contributed by atoms with E-state index in [4.69, 9.17) is 9.15 Å². The summed E-state index contributed by atoms with van der Waals surface area (Å²) >= 11 is 0. The molecule has 0 fully saturated rings. The molecular weight excluding hydrogens is 471 g/mol. The monoisotopic (exact) mass is 500 g/mol. The number of nitrogens with one attached hydrogen (secondary N) is 3. The Balaban J connectivity index is 0.00000392. The van der Waals surface area contributed by atoms with Crippen LogP contribution < -0.4 is 20.7 Å². The van der Waals surface area contributed by atoms with Gasteiger partial charge in [0.25, 0.3) is 5.91 Å². The maximum absolute atomic E-state index is 12.0. The number of amides is 1. The van der Waals surface area contributed by atoms with E-state index < -0.39 is 0 Å². The lowest BCUT2D eigenvalue weighted by atomic mass is 10.1. The van der Waals surface area contributed by atoms with E-state index in [1.54, 1.807) is 20.2 Å². The summed E-state index contributed by atoms with van der Waals surface area (Å²) in [5, 5.41) is 9.34. The number of benzene rings is 1. The van der Waals surface area contributed by atoms with Gasteiger partial charge in [0.1, 0.15) is 5.75 Å². The lowest BCUT2D eigenvalue weighted by molar-refractivity contribution is 0.0925. The predicted octanol–water partition coefficient (Wildman–Crippen LogP) is 3.01. The number of guanidine groups is 1. The summed E-state index contributed by atoms with van der Waals surface area (Å²) in [6.07, 6.45) is 2.28. The van der Waals surface area contributed by atoms with Crippen LogP contribution in [0.1, 0.15) is 33.7 Å². The Morgan fingerprint density at radius 1 is 1.14 bits per heavy atom. The van der Waals surface area contributed by atoms with Gasteiger partial charge in [0.05, 0.1) is 13.4 Å². The lowest BCUT2D eigenvalue weighted by Gasteiger charge is -2.14. The van der Waals surface area contributed by atoms with Crippen LogP contribution in [0.25, 0.3) is 0 Å². The zero-order valence-electron chi connectivity index (χ0n) is 16.8. The molecule has 0 aliphatic heterocycles. The maximum atomic E-state index is 12.0. The van der Waals surface area contributed by atoms with Crippen molar-refractivity contribution in [1.29, 1.82) is 0 Å². The number of aryl methyl sites for hydroxylation is 2. The van der Waals surface area contributed by atoms with Gasteiger partial charge in [-0.1, -0.05) is 12.1 Å². The van der Waals surface area contributed by atoms with Gasteiger partial charge in [0.2, 0.25) is 0 Å². The van der Waals surface area contributed by atoms with E-state index in [1.807, 2.05) is 26.0 Å². The Morgan fingerprint density at radius 3 is 2.54 bits per heavy atom. The fraction of sp³-hybridized carbons (Fsp3) is 0.400. The first-order chi connectivity index (χ1) is 13.0. The first-order valence-corrected chi connectivity index (χ1v) is 8.95. The molecule has 7 nitrogen and oxygen atoms in total. The van der Waals surface area contributed by atoms with E-state index in [1.165, 1.54) is 6.26 Å². The van der Waals surface area contributed by atoms with Crippen molar-refractivity contribution in [3.8, 4) is 5.75 Å². The molecule has 3 N–H and O–H groups in total. The molecule has 0 bridgehead atoms. The average molecular weight is 500 g/mol. The summed E-state index contributed by atoms with van der Waals surface area (Å²) < 4.78 is 10.6. The van der Waals surface area contributed by atoms with Gasteiger partial charge in [-0.05, 0) is 38.0 Å². The van der Waals surface area contributed by atoms with Crippen LogP contribution in [0.5, 0.6) is 5.75 Å². The molecule has 2 aromatic rings. The molecule has 1 heterocycles. The van der Waals surface area contributed by atoms with Crippen molar-refractivity contribution in [2.45, 2.75) is 26.8 Å². The molecule has 1 amide bonds. The summed E-state index contributed by atoms with van der Waals surface area (Å²) in [5.74, 6) is 1.73. The van der Waals surface area contributed by atoms with Crippen LogP contribution in [0, 0.1) is 13.8 Å². The Kier molecular flexibility index (Phi) is 10.4. The summed E-state index contributed by atoms with van der Waals surface area (Å²) in [7, 11) is 3.40. The molecular formula is C20H29IN4O3. The molecule has 0 aliphatic carbocycles. The quantitative estimate of drug-likeness (QED) is 0.225. The minimum absolute atomic E-state index is 0. The van der Waals surface area contributed by atoms with Crippen LogP contribution >= 0.6 is 24.0 Å². The molecule has 0 aliphatic rings. The molecule has 28 heavy (non-hydrogen) atoms. The molecule has 8 heteroatoms. The first kappa shape index (κ1) is 23.8. The van der Waals surface area contributed by atoms with Crippen molar-refractivity contribution in [2.75, 3.05) is 27.2 Å². The van der Waals surface area contributed by atoms with Gasteiger partial charge in [-0.15, -0.1) is 24.0 Å². The highest BCUT2D eigenvalue weighted by molar-refractivity contribution is 14.0. The highest BCUT2D eigenvalue weighted by atomic mass is 127. The number of hydrogen-bond donors (Lipinski definition) is 3. The van der Waals surface area contributed by atoms with E-state index in [9.17, 15) is 4.79 Å². The van der Waals surface area contributed by atoms with Gasteiger partial charge < -0.3 is 25.1 Å². The van der Waals surface area contributed by atoms with E-state index in [0.717, 1.165) is 28.9 Å². The highest BCUT2D eigenvalue weighted by Crippen LogP contribution is 2.19. The number of aliphatic imine (C=N–C) groups is 1. The average Bonchev–Trinajstić information content (AvgIpc) is 3.10. The third-order valence-electron chi connectivity index (χ3n) is 4.11. The maximum Gasteiger partial charge on any atom is 0.287 e. The van der Waals surface area contributed by atoms with Gasteiger partial charge in [-0.3, -0.25) is 9.79 Å². The van der Waals surface area contributed by atoms with Crippen LogP contribution in [0.2, 0.25) is 0 Å². The van der Waals surface area contributed by atoms with Crippen molar-refractivity contribution in [3.63, 3.8) is 0 Å². The summed E-state index contributed by atoms with van der Waals surface area (Å²) in [6, 6.07) is 7.88. The molecule has 0 radical (unpaired) electrons. The topological polar surface area (TPSA) is 87.9 Å². The highest BCUT2D eigenvalue weighted by Gasteiger charge is 2.11. The van der Waals surface area contributed by atoms with Gasteiger partial charge in [0.15, 0.2) is 11.7 Å². The van der Waals surface area contributed by atoms with Crippen LogP contribution in [0.4, 0.5) is 0 Å². The standard InChI is InChI=1S/C20H28N4O3.HI/c1-14-6-7-16(17(12-14)26-4)13-24-20(21-3)23-10-5-9-22-19(25)18-15(2)8-11-27-18;/h6-8,11-12H,5,9-10,13H2,1-4H3,(H,22,25)(H2,21,23,24);1H. The molecule has 0 unspecified atom stereocenters. The Labute approximate surface area is 183 Å². The largest absolute Gasteiger partial charge is 0.496 e. The number of halogens is 1. The van der Waals surface area contributed by atoms with Crippen LogP contribution in [-0.4, -0.2) is 39.1 Å². The summed E-state index contributed by atoms with van der Waals surface area (Å²) in [5.41, 5.74) is 3.05. The number of carbonyl (C=O) groups is 1. The van der Waals surface area contributed by atoms with E-state index in [0.29, 0.717) is 31.4 Å². The van der Waals surface area contributed by atoms with Gasteiger partial charge >= 0.3 is 0 Å². The third kappa shape index (κ3) is 7.06. The predicted molar refractivity (Wildman–Crippen MR) is 122 cm³/mol. The van der Waals surface area contributed by atoms with Crippen LogP contribution in [0.3, 0.4) is 0 Å². The number of rotatable bonds is 8. The number of furan rings is 1. The van der Waals surface area contributed by atoms with Crippen molar-refractivity contribution < 1.29 is 13.9 Å². The van der Waals surface area contributed by atoms with E-state index in [2.05, 4.69) is 27.0 Å². The Morgan fingerprint density at radius 2 is 1.89 bits per heavy atom. The number of methoxy groups -OCH3 is 1. The zero-order valence-corrected chi connectivity index (χ0v) is 19.1. The summed E-state index contributed by atoms with van der Waals surface area (Å²) in [6.45, 7) is 5.72. The zero-order chi connectivity index (χ0) is 19.6. The number of carbonyl (C=O) groups excluding carboxylic acids is 1.